The highest BCUT2D eigenvalue weighted by Crippen LogP contribution is 2.30. The van der Waals surface area contributed by atoms with Crippen LogP contribution in [-0.2, 0) is 9.59 Å². The highest BCUT2D eigenvalue weighted by atomic mass is 35.5. The maximum absolute atomic E-state index is 12.0. The second kappa shape index (κ2) is 7.76. The third-order valence-corrected chi connectivity index (χ3v) is 4.49. The molecule has 0 fully saturated rings. The molecular formula is C13H15Cl2NO3S. The molecule has 0 aromatic heterocycles. The van der Waals surface area contributed by atoms with Crippen LogP contribution in [0.25, 0.3) is 0 Å². The van der Waals surface area contributed by atoms with Gasteiger partial charge in [-0.2, -0.15) is 0 Å². The summed E-state index contributed by atoms with van der Waals surface area (Å²) in [6, 6.07) is 4.19. The van der Waals surface area contributed by atoms with Crippen molar-refractivity contribution >= 4 is 46.8 Å². The molecule has 0 saturated heterocycles. The van der Waals surface area contributed by atoms with Crippen molar-refractivity contribution in [2.45, 2.75) is 24.3 Å². The van der Waals surface area contributed by atoms with Crippen molar-refractivity contribution in [2.24, 2.45) is 0 Å². The monoisotopic (exact) mass is 335 g/mol. The summed E-state index contributed by atoms with van der Waals surface area (Å²) < 4.78 is 0. The van der Waals surface area contributed by atoms with E-state index in [9.17, 15) is 9.59 Å². The Bertz CT molecular complexity index is 510. The van der Waals surface area contributed by atoms with E-state index >= 15 is 0 Å². The summed E-state index contributed by atoms with van der Waals surface area (Å²) in [7, 11) is 1.49. The quantitative estimate of drug-likeness (QED) is 0.809. The first-order valence-corrected chi connectivity index (χ1v) is 7.67. The Kier molecular flexibility index (Phi) is 6.65. The predicted molar refractivity (Wildman–Crippen MR) is 81.7 cm³/mol. The number of aliphatic carboxylic acids is 1. The molecule has 0 heterocycles. The molecule has 7 heteroatoms. The molecule has 4 nitrogen and oxygen atoms in total. The van der Waals surface area contributed by atoms with Crippen LogP contribution in [0.15, 0.2) is 23.1 Å². The number of thioether (sulfide) groups is 1. The van der Waals surface area contributed by atoms with Crippen molar-refractivity contribution in [3.05, 3.63) is 28.2 Å². The van der Waals surface area contributed by atoms with Crippen LogP contribution in [0.3, 0.4) is 0 Å². The van der Waals surface area contributed by atoms with Crippen molar-refractivity contribution in [3.63, 3.8) is 0 Å². The van der Waals surface area contributed by atoms with Crippen LogP contribution in [0, 0.1) is 0 Å². The summed E-state index contributed by atoms with van der Waals surface area (Å²) in [5, 5.41) is 10.1. The molecule has 0 saturated carbocycles. The topological polar surface area (TPSA) is 57.6 Å². The number of amides is 1. The maximum atomic E-state index is 12.0. The van der Waals surface area contributed by atoms with E-state index in [0.29, 0.717) is 21.4 Å². The molecular weight excluding hydrogens is 321 g/mol. The standard InChI is InChI=1S/C13H15Cl2NO3S/c1-3-10(13(18)19)16(2)12(17)7-20-11-6-8(14)4-5-9(11)15/h4-6,10H,3,7H2,1-2H3,(H,18,19). The van der Waals surface area contributed by atoms with Crippen LogP contribution in [0.2, 0.25) is 10.0 Å². The highest BCUT2D eigenvalue weighted by molar-refractivity contribution is 8.00. The molecule has 1 atom stereocenters. The van der Waals surface area contributed by atoms with Gasteiger partial charge in [0.25, 0.3) is 0 Å². The summed E-state index contributed by atoms with van der Waals surface area (Å²) in [6.45, 7) is 1.73. The number of carboxylic acids is 1. The second-order valence-corrected chi connectivity index (χ2v) is 5.99. The number of rotatable bonds is 6. The van der Waals surface area contributed by atoms with Crippen molar-refractivity contribution in [3.8, 4) is 0 Å². The van der Waals surface area contributed by atoms with E-state index in [0.717, 1.165) is 0 Å². The maximum Gasteiger partial charge on any atom is 0.326 e. The molecule has 110 valence electrons. The van der Waals surface area contributed by atoms with Gasteiger partial charge in [-0.15, -0.1) is 11.8 Å². The Morgan fingerprint density at radius 2 is 2.05 bits per heavy atom. The lowest BCUT2D eigenvalue weighted by Gasteiger charge is -2.23. The molecule has 1 unspecified atom stereocenters. The van der Waals surface area contributed by atoms with Crippen LogP contribution >= 0.6 is 35.0 Å². The normalized spacial score (nSPS) is 12.0. The van der Waals surface area contributed by atoms with Gasteiger partial charge in [0.15, 0.2) is 0 Å². The number of carboxylic acid groups (broad SMARTS) is 1. The molecule has 1 N–H and O–H groups in total. The van der Waals surface area contributed by atoms with Gasteiger partial charge in [0.1, 0.15) is 6.04 Å². The van der Waals surface area contributed by atoms with Crippen LogP contribution in [0.4, 0.5) is 0 Å². The molecule has 1 aromatic rings. The summed E-state index contributed by atoms with van der Waals surface area (Å²) in [5.41, 5.74) is 0. The summed E-state index contributed by atoms with van der Waals surface area (Å²) >= 11 is 13.1. The van der Waals surface area contributed by atoms with E-state index in [1.54, 1.807) is 25.1 Å². The lowest BCUT2D eigenvalue weighted by atomic mass is 10.2. The Hall–Kier alpha value is -0.910. The van der Waals surface area contributed by atoms with Gasteiger partial charge in [0.2, 0.25) is 5.91 Å². The number of carbonyl (C=O) groups is 2. The molecule has 0 aliphatic carbocycles. The number of hydrogen-bond acceptors (Lipinski definition) is 3. The van der Waals surface area contributed by atoms with Gasteiger partial charge in [-0.1, -0.05) is 30.1 Å². The molecule has 1 aromatic carbocycles. The average molecular weight is 336 g/mol. The lowest BCUT2D eigenvalue weighted by molar-refractivity contribution is -0.148. The Morgan fingerprint density at radius 1 is 1.40 bits per heavy atom. The largest absolute Gasteiger partial charge is 0.480 e. The molecule has 20 heavy (non-hydrogen) atoms. The predicted octanol–water partition coefficient (Wildman–Crippen LogP) is 3.41. The molecule has 0 bridgehead atoms. The zero-order valence-electron chi connectivity index (χ0n) is 11.1. The van der Waals surface area contributed by atoms with Crippen molar-refractivity contribution < 1.29 is 14.7 Å². The van der Waals surface area contributed by atoms with Gasteiger partial charge >= 0.3 is 5.97 Å². The van der Waals surface area contributed by atoms with Gasteiger partial charge < -0.3 is 10.0 Å². The molecule has 1 rings (SSSR count). The Labute approximate surface area is 132 Å². The minimum Gasteiger partial charge on any atom is -0.480 e. The summed E-state index contributed by atoms with van der Waals surface area (Å²) in [4.78, 5) is 24.9. The Balaban J connectivity index is 2.67. The zero-order chi connectivity index (χ0) is 15.3. The van der Waals surface area contributed by atoms with Gasteiger partial charge in [0, 0.05) is 17.0 Å². The number of nitrogens with zero attached hydrogens (tertiary/aromatic N) is 1. The fraction of sp³-hybridized carbons (Fsp3) is 0.385. The third kappa shape index (κ3) is 4.58. The number of hydrogen-bond donors (Lipinski definition) is 1. The first-order valence-electron chi connectivity index (χ1n) is 5.93. The second-order valence-electron chi connectivity index (χ2n) is 4.13. The fourth-order valence-electron chi connectivity index (χ4n) is 1.62. The van der Waals surface area contributed by atoms with Crippen molar-refractivity contribution in [1.29, 1.82) is 0 Å². The molecule has 0 aliphatic rings. The number of likely N-dealkylation sites (N-methyl/N-ethyl adjacent to an activating group) is 1. The molecule has 0 radical (unpaired) electrons. The van der Waals surface area contributed by atoms with Gasteiger partial charge in [0.05, 0.1) is 10.8 Å². The molecule has 0 aliphatic heterocycles. The summed E-state index contributed by atoms with van der Waals surface area (Å²) in [5.74, 6) is -1.16. The summed E-state index contributed by atoms with van der Waals surface area (Å²) in [6.07, 6.45) is 0.361. The number of halogens is 2. The molecule has 0 spiro atoms. The van der Waals surface area contributed by atoms with E-state index in [1.165, 1.54) is 23.7 Å². The number of benzene rings is 1. The van der Waals surface area contributed by atoms with E-state index in [4.69, 9.17) is 28.3 Å². The molecule has 1 amide bonds. The average Bonchev–Trinajstić information content (AvgIpc) is 2.39. The van der Waals surface area contributed by atoms with E-state index in [2.05, 4.69) is 0 Å². The van der Waals surface area contributed by atoms with Crippen molar-refractivity contribution in [1.82, 2.24) is 4.90 Å². The third-order valence-electron chi connectivity index (χ3n) is 2.78. The smallest absolute Gasteiger partial charge is 0.326 e. The van der Waals surface area contributed by atoms with Crippen LogP contribution < -0.4 is 0 Å². The SMILES string of the molecule is CCC(C(=O)O)N(C)C(=O)CSc1cc(Cl)ccc1Cl. The van der Waals surface area contributed by atoms with Gasteiger partial charge in [-0.3, -0.25) is 4.79 Å². The minimum absolute atomic E-state index is 0.111. The Morgan fingerprint density at radius 3 is 2.60 bits per heavy atom. The zero-order valence-corrected chi connectivity index (χ0v) is 13.4. The first-order chi connectivity index (χ1) is 9.36. The fourth-order valence-corrected chi connectivity index (χ4v) is 3.03. The van der Waals surface area contributed by atoms with Crippen LogP contribution in [-0.4, -0.2) is 40.7 Å². The van der Waals surface area contributed by atoms with Crippen LogP contribution in [0.5, 0.6) is 0 Å². The lowest BCUT2D eigenvalue weighted by Crippen LogP contribution is -2.42. The van der Waals surface area contributed by atoms with Crippen molar-refractivity contribution in [2.75, 3.05) is 12.8 Å². The van der Waals surface area contributed by atoms with Gasteiger partial charge in [-0.05, 0) is 24.6 Å². The van der Waals surface area contributed by atoms with E-state index in [-0.39, 0.29) is 11.7 Å². The van der Waals surface area contributed by atoms with Crippen LogP contribution in [0.1, 0.15) is 13.3 Å². The number of carbonyl (C=O) groups excluding carboxylic acids is 1. The van der Waals surface area contributed by atoms with E-state index < -0.39 is 12.0 Å². The first kappa shape index (κ1) is 17.1. The van der Waals surface area contributed by atoms with E-state index in [1.807, 2.05) is 0 Å². The minimum atomic E-state index is -1.01. The van der Waals surface area contributed by atoms with Gasteiger partial charge in [-0.25, -0.2) is 4.79 Å². The highest BCUT2D eigenvalue weighted by Gasteiger charge is 2.24.